The van der Waals surface area contributed by atoms with Crippen LogP contribution in [0.25, 0.3) is 21.8 Å². The summed E-state index contributed by atoms with van der Waals surface area (Å²) in [5, 5.41) is 2.44. The number of rotatable bonds is 8. The van der Waals surface area contributed by atoms with Gasteiger partial charge in [-0.1, -0.05) is 49.2 Å². The van der Waals surface area contributed by atoms with Crippen molar-refractivity contribution < 1.29 is 39.3 Å². The van der Waals surface area contributed by atoms with Crippen LogP contribution in [0.3, 0.4) is 0 Å². The monoisotopic (exact) mass is 746 g/mol. The number of fused-ring (bicyclic) bond motifs is 2. The second-order valence-corrected chi connectivity index (χ2v) is 12.4. The third kappa shape index (κ3) is 12.1. The molecule has 0 saturated heterocycles. The Bertz CT molecular complexity index is 2040. The van der Waals surface area contributed by atoms with Crippen molar-refractivity contribution in [2.75, 3.05) is 0 Å². The Balaban J connectivity index is 0.000000184. The predicted molar refractivity (Wildman–Crippen MR) is 204 cm³/mol. The molecule has 0 spiro atoms. The molecule has 7 heteroatoms. The maximum atomic E-state index is 13.5. The van der Waals surface area contributed by atoms with Gasteiger partial charge in [-0.3, -0.25) is 0 Å². The minimum Gasteiger partial charge on any atom is -0.345 e. The first-order chi connectivity index (χ1) is 25.3. The molecule has 0 unspecified atom stereocenters. The zero-order valence-corrected chi connectivity index (χ0v) is 31.6. The van der Waals surface area contributed by atoms with Gasteiger partial charge in [-0.2, -0.15) is 48.5 Å². The van der Waals surface area contributed by atoms with E-state index in [4.69, 9.17) is 0 Å². The first-order valence-electron chi connectivity index (χ1n) is 17.5. The van der Waals surface area contributed by atoms with Gasteiger partial charge in [0.05, 0.1) is 0 Å². The van der Waals surface area contributed by atoms with E-state index < -0.39 is 23.3 Å². The van der Waals surface area contributed by atoms with E-state index in [0.29, 0.717) is 24.0 Å². The second kappa shape index (κ2) is 21.0. The van der Waals surface area contributed by atoms with Crippen molar-refractivity contribution in [1.82, 2.24) is 9.13 Å². The minimum atomic E-state index is -0.650. The van der Waals surface area contributed by atoms with Crippen molar-refractivity contribution in [1.29, 1.82) is 0 Å². The molecule has 0 aliphatic heterocycles. The zero-order valence-electron chi connectivity index (χ0n) is 30.0. The number of para-hydroxylation sites is 2. The molecular weight excluding hydrogens is 704 g/mol. The normalized spacial score (nSPS) is 10.4. The summed E-state index contributed by atoms with van der Waals surface area (Å²) in [5.41, 5.74) is 5.82. The molecule has 0 radical (unpaired) electrons. The van der Waals surface area contributed by atoms with E-state index in [1.165, 1.54) is 57.5 Å². The third-order valence-corrected chi connectivity index (χ3v) is 8.69. The van der Waals surface area contributed by atoms with Gasteiger partial charge in [0.1, 0.15) is 0 Å². The molecule has 0 saturated carbocycles. The van der Waals surface area contributed by atoms with Crippen molar-refractivity contribution in [2.24, 2.45) is 0 Å². The van der Waals surface area contributed by atoms with Gasteiger partial charge in [0, 0.05) is 58.8 Å². The molecule has 0 fully saturated rings. The van der Waals surface area contributed by atoms with Gasteiger partial charge in [-0.25, -0.2) is 41.8 Å². The summed E-state index contributed by atoms with van der Waals surface area (Å²) in [6.45, 7) is 5.78. The SMILES string of the molecule is Cc1cc2ccccc2n1CCCc1ccc(F)[c-]c1F.Cc1cc2ccccc2n1CCCc1ccc(F)[c-]c1F.[Ti+4].c1cc[cH-]c1.c1cc[cH-]c1. The summed E-state index contributed by atoms with van der Waals surface area (Å²) < 4.78 is 57.2. The predicted octanol–water partition coefficient (Wildman–Crippen LogP) is 12.1. The van der Waals surface area contributed by atoms with Crippen molar-refractivity contribution in [3.63, 3.8) is 0 Å². The topological polar surface area (TPSA) is 9.86 Å². The fourth-order valence-corrected chi connectivity index (χ4v) is 6.12. The standard InChI is InChI=1S/2C18H16F2N.2C5H5.Ti/c2*1-13-11-15-5-2-3-7-18(15)21(13)10-4-6-14-8-9-16(19)12-17(14)20;2*1-2-4-5-3-1;/h2*2-3,5,7-9,11H,4,6,10H2,1H3;2*1-5H;/q4*-1;+4. The Labute approximate surface area is 325 Å². The molecule has 2 aromatic heterocycles. The molecule has 0 atom stereocenters. The van der Waals surface area contributed by atoms with Crippen LogP contribution < -0.4 is 0 Å². The zero-order chi connectivity index (χ0) is 36.7. The number of aryl methyl sites for hydroxylation is 6. The summed E-state index contributed by atoms with van der Waals surface area (Å²) in [6.07, 6.45) is 2.76. The van der Waals surface area contributed by atoms with Gasteiger partial charge < -0.3 is 9.13 Å². The van der Waals surface area contributed by atoms with Gasteiger partial charge in [-0.15, -0.1) is 35.4 Å². The molecule has 268 valence electrons. The average Bonchev–Trinajstić information content (AvgIpc) is 3.98. The van der Waals surface area contributed by atoms with Crippen molar-refractivity contribution >= 4 is 21.8 Å². The smallest absolute Gasteiger partial charge is 0.345 e. The van der Waals surface area contributed by atoms with Gasteiger partial charge in [0.15, 0.2) is 0 Å². The fraction of sp³-hybridized carbons (Fsp3) is 0.174. The average molecular weight is 747 g/mol. The number of hydrogen-bond donors (Lipinski definition) is 0. The number of hydrogen-bond acceptors (Lipinski definition) is 0. The minimum absolute atomic E-state index is 0. The molecular formula is C46H42F4N2Ti. The fourth-order valence-electron chi connectivity index (χ4n) is 6.12. The van der Waals surface area contributed by atoms with Crippen LogP contribution in [-0.4, -0.2) is 9.13 Å². The van der Waals surface area contributed by atoms with E-state index >= 15 is 0 Å². The van der Waals surface area contributed by atoms with Crippen LogP contribution in [0.2, 0.25) is 0 Å². The van der Waals surface area contributed by atoms with Crippen molar-refractivity contribution in [3.8, 4) is 0 Å². The summed E-state index contributed by atoms with van der Waals surface area (Å²) in [5.74, 6) is -2.46. The van der Waals surface area contributed by atoms with Crippen LogP contribution in [0.1, 0.15) is 35.4 Å². The summed E-state index contributed by atoms with van der Waals surface area (Å²) in [6, 6.07) is 50.5. The van der Waals surface area contributed by atoms with Gasteiger partial charge >= 0.3 is 21.7 Å². The van der Waals surface area contributed by atoms with Gasteiger partial charge in [0.25, 0.3) is 0 Å². The van der Waals surface area contributed by atoms with Crippen LogP contribution in [0, 0.1) is 49.2 Å². The molecule has 2 heterocycles. The number of halogens is 4. The van der Waals surface area contributed by atoms with E-state index in [1.807, 2.05) is 84.9 Å². The Hall–Kier alpha value is -4.91. The number of nitrogens with zero attached hydrogens (tertiary/aromatic N) is 2. The first-order valence-corrected chi connectivity index (χ1v) is 17.5. The molecule has 0 N–H and O–H groups in total. The van der Waals surface area contributed by atoms with Crippen LogP contribution in [-0.2, 0) is 47.6 Å². The van der Waals surface area contributed by atoms with Crippen LogP contribution in [0.4, 0.5) is 17.6 Å². The van der Waals surface area contributed by atoms with Gasteiger partial charge in [-0.05, 0) is 61.7 Å². The quantitative estimate of drug-likeness (QED) is 0.0832. The summed E-state index contributed by atoms with van der Waals surface area (Å²) in [4.78, 5) is 0. The summed E-state index contributed by atoms with van der Waals surface area (Å²) in [7, 11) is 0. The molecule has 0 aliphatic carbocycles. The maximum Gasteiger partial charge on any atom is 4.00 e. The Morgan fingerprint density at radius 1 is 0.509 bits per heavy atom. The van der Waals surface area contributed by atoms with E-state index in [-0.39, 0.29) is 21.7 Å². The number of aromatic nitrogens is 2. The van der Waals surface area contributed by atoms with E-state index in [9.17, 15) is 17.6 Å². The van der Waals surface area contributed by atoms with Crippen molar-refractivity contribution in [2.45, 2.75) is 52.6 Å². The van der Waals surface area contributed by atoms with E-state index in [1.54, 1.807) is 0 Å². The maximum absolute atomic E-state index is 13.5. The molecule has 0 aliphatic rings. The Kier molecular flexibility index (Phi) is 16.2. The third-order valence-electron chi connectivity index (χ3n) is 8.69. The molecule has 8 aromatic rings. The van der Waals surface area contributed by atoms with Crippen LogP contribution in [0.15, 0.2) is 146 Å². The first kappa shape index (κ1) is 40.9. The van der Waals surface area contributed by atoms with Crippen LogP contribution in [0.5, 0.6) is 0 Å². The molecule has 0 bridgehead atoms. The van der Waals surface area contributed by atoms with E-state index in [0.717, 1.165) is 25.9 Å². The summed E-state index contributed by atoms with van der Waals surface area (Å²) >= 11 is 0. The second-order valence-electron chi connectivity index (χ2n) is 12.4. The van der Waals surface area contributed by atoms with Crippen LogP contribution >= 0.6 is 0 Å². The Morgan fingerprint density at radius 2 is 0.887 bits per heavy atom. The largest absolute Gasteiger partial charge is 4.00 e. The molecule has 53 heavy (non-hydrogen) atoms. The molecule has 0 amide bonds. The number of benzene rings is 4. The molecule has 8 rings (SSSR count). The van der Waals surface area contributed by atoms with Gasteiger partial charge in [0.2, 0.25) is 0 Å². The molecule has 6 aromatic carbocycles. The Morgan fingerprint density at radius 3 is 1.23 bits per heavy atom. The van der Waals surface area contributed by atoms with Crippen molar-refractivity contribution in [3.05, 3.63) is 204 Å². The van der Waals surface area contributed by atoms with E-state index in [2.05, 4.69) is 71.5 Å². The molecule has 2 nitrogen and oxygen atoms in total.